The molecular formula is C5H13B. The zero-order valence-corrected chi connectivity index (χ0v) is 4.91. The van der Waals surface area contributed by atoms with Gasteiger partial charge >= 0.3 is 0 Å². The standard InChI is InChI=1S/C5H13B/c1-5(2,3)4-6/h4,6H2,1-3H3/i6D. The van der Waals surface area contributed by atoms with Gasteiger partial charge in [-0.3, -0.25) is 0 Å². The van der Waals surface area contributed by atoms with E-state index in [1.54, 1.807) is 0 Å². The van der Waals surface area contributed by atoms with Crippen LogP contribution in [0.4, 0.5) is 0 Å². The van der Waals surface area contributed by atoms with E-state index in [2.05, 4.69) is 20.8 Å². The summed E-state index contributed by atoms with van der Waals surface area (Å²) in [5.74, 6) is 0. The summed E-state index contributed by atoms with van der Waals surface area (Å²) in [7, 11) is 0.559. The molecule has 36 valence electrons. The molecule has 0 saturated carbocycles. The van der Waals surface area contributed by atoms with Crippen molar-refractivity contribution in [3.05, 3.63) is 0 Å². The van der Waals surface area contributed by atoms with Crippen LogP contribution in [0.5, 0.6) is 0 Å². The van der Waals surface area contributed by atoms with E-state index in [0.29, 0.717) is 13.2 Å². The van der Waals surface area contributed by atoms with Gasteiger partial charge in [-0.2, -0.15) is 0 Å². The molecule has 0 aromatic carbocycles. The van der Waals surface area contributed by atoms with Gasteiger partial charge in [-0.1, -0.05) is 27.1 Å². The van der Waals surface area contributed by atoms with Crippen molar-refractivity contribution in [2.75, 3.05) is 0 Å². The molecule has 0 amide bonds. The van der Waals surface area contributed by atoms with Gasteiger partial charge in [-0.15, -0.1) is 0 Å². The van der Waals surface area contributed by atoms with E-state index in [4.69, 9.17) is 1.34 Å². The molecule has 0 aromatic rings. The quantitative estimate of drug-likeness (QED) is 0.418. The summed E-state index contributed by atoms with van der Waals surface area (Å²) in [4.78, 5) is 0. The van der Waals surface area contributed by atoms with Gasteiger partial charge in [-0.25, -0.2) is 0 Å². The first-order valence-electron chi connectivity index (χ1n) is 3.06. The lowest BCUT2D eigenvalue weighted by Gasteiger charge is -2.12. The van der Waals surface area contributed by atoms with E-state index in [0.717, 1.165) is 6.32 Å². The van der Waals surface area contributed by atoms with E-state index in [9.17, 15) is 0 Å². The van der Waals surface area contributed by atoms with Gasteiger partial charge in [0.2, 0.25) is 0 Å². The van der Waals surface area contributed by atoms with E-state index < -0.39 is 0 Å². The summed E-state index contributed by atoms with van der Waals surface area (Å²) in [6, 6.07) is 0. The van der Waals surface area contributed by atoms with Gasteiger partial charge < -0.3 is 0 Å². The Kier molecular flexibility index (Phi) is 1.18. The SMILES string of the molecule is [2H]BCC(C)(C)C. The maximum atomic E-state index is 6.86. The minimum atomic E-state index is 0.363. The first-order chi connectivity index (χ1) is 3.06. The van der Waals surface area contributed by atoms with Crippen LogP contribution >= 0.6 is 0 Å². The summed E-state index contributed by atoms with van der Waals surface area (Å²) in [6.45, 7) is 6.46. The molecule has 0 atom stereocenters. The van der Waals surface area contributed by atoms with Gasteiger partial charge in [0, 0.05) is 0 Å². The lowest BCUT2D eigenvalue weighted by atomic mass is 9.81. The fourth-order valence-electron chi connectivity index (χ4n) is 0. The van der Waals surface area contributed by atoms with Crippen LogP contribution < -0.4 is 0 Å². The molecule has 0 unspecified atom stereocenters. The molecule has 0 rings (SSSR count). The van der Waals surface area contributed by atoms with Crippen LogP contribution in [0.15, 0.2) is 0 Å². The second-order valence-corrected chi connectivity index (χ2v) is 2.81. The molecule has 0 saturated heterocycles. The molecule has 0 nitrogen and oxygen atoms in total. The van der Waals surface area contributed by atoms with Crippen LogP contribution in [0.3, 0.4) is 0 Å². The minimum absolute atomic E-state index is 0.363. The molecule has 0 N–H and O–H groups in total. The Balaban J connectivity index is 3.15. The molecule has 0 fully saturated rings. The average Bonchev–Trinajstić information content (AvgIpc) is 1.30. The van der Waals surface area contributed by atoms with Crippen molar-refractivity contribution < 1.29 is 0 Å². The van der Waals surface area contributed by atoms with Gasteiger partial charge in [-0.05, 0) is 6.75 Å². The van der Waals surface area contributed by atoms with Crippen LogP contribution in [0.2, 0.25) is 6.32 Å². The van der Waals surface area contributed by atoms with Crippen molar-refractivity contribution in [1.82, 2.24) is 0 Å². The summed E-state index contributed by atoms with van der Waals surface area (Å²) in [5.41, 5.74) is 0.363. The normalized spacial score (nSPS) is 13.5. The predicted octanol–water partition coefficient (Wildman–Crippen LogP) is 1.08. The Morgan fingerprint density at radius 3 is 2.17 bits per heavy atom. The summed E-state index contributed by atoms with van der Waals surface area (Å²) < 4.78 is 6.86. The highest BCUT2D eigenvalue weighted by Gasteiger charge is 2.03. The van der Waals surface area contributed by atoms with Crippen molar-refractivity contribution in [3.63, 3.8) is 0 Å². The molecule has 0 aliphatic heterocycles. The first-order valence-corrected chi connectivity index (χ1v) is 2.35. The van der Waals surface area contributed by atoms with E-state index in [-0.39, 0.29) is 0 Å². The smallest absolute Gasteiger partial charge is 0.0763 e. The van der Waals surface area contributed by atoms with Crippen molar-refractivity contribution in [3.8, 4) is 0 Å². The lowest BCUT2D eigenvalue weighted by molar-refractivity contribution is 0.469. The van der Waals surface area contributed by atoms with Crippen molar-refractivity contribution in [2.45, 2.75) is 27.1 Å². The fraction of sp³-hybridized carbons (Fsp3) is 1.00. The summed E-state index contributed by atoms with van der Waals surface area (Å²) >= 11 is 0. The molecule has 0 bridgehead atoms. The van der Waals surface area contributed by atoms with E-state index in [1.807, 2.05) is 0 Å². The van der Waals surface area contributed by atoms with Crippen molar-refractivity contribution in [2.24, 2.45) is 5.41 Å². The zero-order valence-electron chi connectivity index (χ0n) is 5.91. The van der Waals surface area contributed by atoms with Gasteiger partial charge in [0.1, 0.15) is 7.81 Å². The molecular weight excluding hydrogens is 70.9 g/mol. The molecule has 0 aromatic heterocycles. The second kappa shape index (κ2) is 1.68. The minimum Gasteiger partial charge on any atom is -0.0763 e. The Morgan fingerprint density at radius 1 is 1.67 bits per heavy atom. The average molecular weight is 85.0 g/mol. The van der Waals surface area contributed by atoms with Crippen LogP contribution in [-0.2, 0) is 0 Å². The van der Waals surface area contributed by atoms with Crippen molar-refractivity contribution >= 4 is 7.81 Å². The topological polar surface area (TPSA) is 0 Å². The zero-order chi connectivity index (χ0) is 5.91. The third kappa shape index (κ3) is 4.06. The highest BCUT2D eigenvalue weighted by molar-refractivity contribution is 6.08. The van der Waals surface area contributed by atoms with Gasteiger partial charge in [0.05, 0.1) is 0 Å². The highest BCUT2D eigenvalue weighted by Crippen LogP contribution is 2.15. The molecule has 1 heteroatoms. The molecule has 0 aliphatic rings. The maximum Gasteiger partial charge on any atom is 0.102 e. The predicted molar refractivity (Wildman–Crippen MR) is 32.8 cm³/mol. The van der Waals surface area contributed by atoms with Crippen LogP contribution in [-0.4, -0.2) is 9.15 Å². The molecule has 0 heterocycles. The monoisotopic (exact) mass is 85.1 g/mol. The number of rotatable bonds is 1. The molecule has 0 radical (unpaired) electrons. The Morgan fingerprint density at radius 2 is 2.17 bits per heavy atom. The van der Waals surface area contributed by atoms with Crippen LogP contribution in [0.1, 0.15) is 20.8 Å². The third-order valence-corrected chi connectivity index (χ3v) is 0.750. The van der Waals surface area contributed by atoms with Gasteiger partial charge in [0.15, 0.2) is 0 Å². The van der Waals surface area contributed by atoms with E-state index in [1.165, 1.54) is 0 Å². The lowest BCUT2D eigenvalue weighted by Crippen LogP contribution is -2.01. The van der Waals surface area contributed by atoms with Crippen LogP contribution in [0, 0.1) is 5.41 Å². The largest absolute Gasteiger partial charge is 0.102 e. The molecule has 6 heavy (non-hydrogen) atoms. The Bertz CT molecular complexity index is 46.5. The van der Waals surface area contributed by atoms with E-state index >= 15 is 0 Å². The molecule has 0 spiro atoms. The molecule has 0 aliphatic carbocycles. The summed E-state index contributed by atoms with van der Waals surface area (Å²) in [5, 5.41) is 0. The fourth-order valence-corrected chi connectivity index (χ4v) is 0. The van der Waals surface area contributed by atoms with Crippen molar-refractivity contribution in [1.29, 1.82) is 1.34 Å². The first kappa shape index (κ1) is 4.23. The van der Waals surface area contributed by atoms with Gasteiger partial charge in [0.25, 0.3) is 0 Å². The number of hydrogen-bond donors (Lipinski definition) is 0. The summed E-state index contributed by atoms with van der Waals surface area (Å²) in [6.07, 6.45) is 1.01. The third-order valence-electron chi connectivity index (χ3n) is 0.750. The Hall–Kier alpha value is 0.0649. The second-order valence-electron chi connectivity index (χ2n) is 2.81. The maximum absolute atomic E-state index is 6.86. The highest BCUT2D eigenvalue weighted by atomic mass is 14.1. The van der Waals surface area contributed by atoms with Crippen LogP contribution in [0.25, 0.3) is 0 Å². The Labute approximate surface area is 42.7 Å². The number of hydrogen-bond acceptors (Lipinski definition) is 0.